The number of pyridine rings is 1. The summed E-state index contributed by atoms with van der Waals surface area (Å²) in [6.45, 7) is 2.75. The smallest absolute Gasteiger partial charge is 0.0928 e. The SMILES string of the molecule is OC1(C2CC2)CN(CCc2ccccn2)C1. The molecule has 3 rings (SSSR count). The van der Waals surface area contributed by atoms with Crippen molar-refractivity contribution in [1.29, 1.82) is 0 Å². The molecule has 0 spiro atoms. The second-order valence-corrected chi connectivity index (χ2v) is 5.16. The third kappa shape index (κ3) is 1.97. The largest absolute Gasteiger partial charge is 0.387 e. The normalized spacial score (nSPS) is 24.1. The van der Waals surface area contributed by atoms with Crippen LogP contribution in [-0.2, 0) is 6.42 Å². The van der Waals surface area contributed by atoms with Gasteiger partial charge in [-0.1, -0.05) is 6.07 Å². The Hall–Kier alpha value is -0.930. The van der Waals surface area contributed by atoms with Gasteiger partial charge in [0.05, 0.1) is 5.60 Å². The average molecular weight is 218 g/mol. The van der Waals surface area contributed by atoms with Crippen LogP contribution in [0, 0.1) is 5.92 Å². The van der Waals surface area contributed by atoms with Crippen molar-refractivity contribution in [3.8, 4) is 0 Å². The zero-order chi connectivity index (χ0) is 11.0. The number of rotatable bonds is 4. The van der Waals surface area contributed by atoms with Crippen LogP contribution in [0.2, 0.25) is 0 Å². The lowest BCUT2D eigenvalue weighted by molar-refractivity contribution is -0.112. The van der Waals surface area contributed by atoms with Crippen LogP contribution < -0.4 is 0 Å². The van der Waals surface area contributed by atoms with Gasteiger partial charge in [-0.2, -0.15) is 0 Å². The van der Waals surface area contributed by atoms with Crippen molar-refractivity contribution in [3.05, 3.63) is 30.1 Å². The minimum absolute atomic E-state index is 0.343. The van der Waals surface area contributed by atoms with E-state index in [4.69, 9.17) is 0 Å². The minimum atomic E-state index is -0.343. The van der Waals surface area contributed by atoms with Crippen LogP contribution in [0.5, 0.6) is 0 Å². The second-order valence-electron chi connectivity index (χ2n) is 5.16. The van der Waals surface area contributed by atoms with Gasteiger partial charge in [0, 0.05) is 37.9 Å². The molecule has 2 aliphatic rings. The standard InChI is InChI=1S/C13H18N2O/c16-13(11-4-5-11)9-15(10-13)8-6-12-3-1-2-7-14-12/h1-3,7,11,16H,4-6,8-10H2. The zero-order valence-corrected chi connectivity index (χ0v) is 9.47. The summed E-state index contributed by atoms with van der Waals surface area (Å²) < 4.78 is 0. The fraction of sp³-hybridized carbons (Fsp3) is 0.615. The van der Waals surface area contributed by atoms with Crippen molar-refractivity contribution >= 4 is 0 Å². The van der Waals surface area contributed by atoms with Crippen LogP contribution in [0.3, 0.4) is 0 Å². The van der Waals surface area contributed by atoms with E-state index < -0.39 is 0 Å². The van der Waals surface area contributed by atoms with E-state index in [2.05, 4.69) is 16.0 Å². The first-order chi connectivity index (χ1) is 7.76. The topological polar surface area (TPSA) is 36.4 Å². The molecule has 0 amide bonds. The van der Waals surface area contributed by atoms with Crippen molar-refractivity contribution < 1.29 is 5.11 Å². The maximum Gasteiger partial charge on any atom is 0.0928 e. The Labute approximate surface area is 96.1 Å². The molecule has 1 aliphatic carbocycles. The lowest BCUT2D eigenvalue weighted by Crippen LogP contribution is -2.63. The van der Waals surface area contributed by atoms with Crippen LogP contribution in [0.25, 0.3) is 0 Å². The summed E-state index contributed by atoms with van der Waals surface area (Å²) in [5, 5.41) is 10.2. The molecule has 0 aromatic carbocycles. The summed E-state index contributed by atoms with van der Waals surface area (Å²) in [6.07, 6.45) is 5.28. The number of aromatic nitrogens is 1. The van der Waals surface area contributed by atoms with Gasteiger partial charge < -0.3 is 5.11 Å². The van der Waals surface area contributed by atoms with Crippen molar-refractivity contribution in [2.75, 3.05) is 19.6 Å². The average Bonchev–Trinajstić information content (AvgIpc) is 3.08. The molecule has 3 nitrogen and oxygen atoms in total. The van der Waals surface area contributed by atoms with Crippen LogP contribution >= 0.6 is 0 Å². The van der Waals surface area contributed by atoms with E-state index >= 15 is 0 Å². The Balaban J connectivity index is 1.45. The monoisotopic (exact) mass is 218 g/mol. The van der Waals surface area contributed by atoms with E-state index in [0.29, 0.717) is 5.92 Å². The number of nitrogens with zero attached hydrogens (tertiary/aromatic N) is 2. The maximum absolute atomic E-state index is 10.2. The highest BCUT2D eigenvalue weighted by molar-refractivity contribution is 5.07. The molecule has 1 N–H and O–H groups in total. The molecular weight excluding hydrogens is 200 g/mol. The number of likely N-dealkylation sites (tertiary alicyclic amines) is 1. The highest BCUT2D eigenvalue weighted by Crippen LogP contribution is 2.44. The van der Waals surface area contributed by atoms with Gasteiger partial charge in [0.25, 0.3) is 0 Å². The molecule has 1 aliphatic heterocycles. The highest BCUT2D eigenvalue weighted by atomic mass is 16.3. The molecule has 1 aromatic rings. The Morgan fingerprint density at radius 3 is 2.81 bits per heavy atom. The van der Waals surface area contributed by atoms with Crippen LogP contribution in [-0.4, -0.2) is 40.2 Å². The summed E-state index contributed by atoms with van der Waals surface area (Å²) in [5.74, 6) is 0.596. The summed E-state index contributed by atoms with van der Waals surface area (Å²) in [5.41, 5.74) is 0.800. The molecule has 1 saturated carbocycles. The van der Waals surface area contributed by atoms with E-state index in [1.807, 2.05) is 18.3 Å². The second kappa shape index (κ2) is 3.82. The lowest BCUT2D eigenvalue weighted by Gasteiger charge is -2.47. The maximum atomic E-state index is 10.2. The molecule has 86 valence electrons. The molecule has 0 radical (unpaired) electrons. The van der Waals surface area contributed by atoms with Crippen molar-refractivity contribution in [2.24, 2.45) is 5.92 Å². The van der Waals surface area contributed by atoms with Gasteiger partial charge in [0.1, 0.15) is 0 Å². The van der Waals surface area contributed by atoms with Gasteiger partial charge in [0.2, 0.25) is 0 Å². The van der Waals surface area contributed by atoms with Gasteiger partial charge >= 0.3 is 0 Å². The fourth-order valence-electron chi connectivity index (χ4n) is 2.58. The van der Waals surface area contributed by atoms with E-state index in [9.17, 15) is 5.11 Å². The molecular formula is C13H18N2O. The third-order valence-corrected chi connectivity index (χ3v) is 3.74. The Bertz CT molecular complexity index is 355. The number of β-amino-alcohol motifs (C(OH)–C–C–N with tert-alkyl or cyclic N) is 1. The highest BCUT2D eigenvalue weighted by Gasteiger charge is 2.51. The summed E-state index contributed by atoms with van der Waals surface area (Å²) in [6, 6.07) is 6.03. The number of hydrogen-bond acceptors (Lipinski definition) is 3. The third-order valence-electron chi connectivity index (χ3n) is 3.74. The number of hydrogen-bond donors (Lipinski definition) is 1. The first-order valence-corrected chi connectivity index (χ1v) is 6.11. The van der Waals surface area contributed by atoms with Crippen LogP contribution in [0.4, 0.5) is 0 Å². The molecule has 0 bridgehead atoms. The summed E-state index contributed by atoms with van der Waals surface area (Å²) in [4.78, 5) is 6.63. The fourth-order valence-corrected chi connectivity index (χ4v) is 2.58. The van der Waals surface area contributed by atoms with E-state index in [0.717, 1.165) is 31.7 Å². The van der Waals surface area contributed by atoms with Crippen LogP contribution in [0.15, 0.2) is 24.4 Å². The molecule has 0 atom stereocenters. The van der Waals surface area contributed by atoms with Gasteiger partial charge in [-0.15, -0.1) is 0 Å². The summed E-state index contributed by atoms with van der Waals surface area (Å²) in [7, 11) is 0. The molecule has 16 heavy (non-hydrogen) atoms. The molecule has 1 saturated heterocycles. The Morgan fingerprint density at radius 2 is 2.19 bits per heavy atom. The Morgan fingerprint density at radius 1 is 1.38 bits per heavy atom. The molecule has 2 fully saturated rings. The Kier molecular flexibility index (Phi) is 2.45. The van der Waals surface area contributed by atoms with Gasteiger partial charge in [-0.3, -0.25) is 9.88 Å². The summed E-state index contributed by atoms with van der Waals surface area (Å²) >= 11 is 0. The van der Waals surface area contributed by atoms with Gasteiger partial charge in [-0.25, -0.2) is 0 Å². The van der Waals surface area contributed by atoms with E-state index in [1.165, 1.54) is 12.8 Å². The minimum Gasteiger partial charge on any atom is -0.387 e. The van der Waals surface area contributed by atoms with Crippen molar-refractivity contribution in [1.82, 2.24) is 9.88 Å². The van der Waals surface area contributed by atoms with Crippen LogP contribution in [0.1, 0.15) is 18.5 Å². The zero-order valence-electron chi connectivity index (χ0n) is 9.47. The first-order valence-electron chi connectivity index (χ1n) is 6.11. The molecule has 2 heterocycles. The predicted octanol–water partition coefficient (Wildman–Crippen LogP) is 1.08. The van der Waals surface area contributed by atoms with E-state index in [-0.39, 0.29) is 5.60 Å². The first kappa shape index (κ1) is 10.2. The van der Waals surface area contributed by atoms with Gasteiger partial charge in [-0.05, 0) is 30.9 Å². The quantitative estimate of drug-likeness (QED) is 0.821. The van der Waals surface area contributed by atoms with Gasteiger partial charge in [0.15, 0.2) is 0 Å². The molecule has 3 heteroatoms. The van der Waals surface area contributed by atoms with E-state index in [1.54, 1.807) is 0 Å². The predicted molar refractivity (Wildman–Crippen MR) is 62.1 cm³/mol. The molecule has 1 aromatic heterocycles. The van der Waals surface area contributed by atoms with Crippen molar-refractivity contribution in [2.45, 2.75) is 24.9 Å². The number of aliphatic hydroxyl groups is 1. The molecule has 0 unspecified atom stereocenters. The van der Waals surface area contributed by atoms with Crippen molar-refractivity contribution in [3.63, 3.8) is 0 Å². The lowest BCUT2D eigenvalue weighted by atomic mass is 9.88.